The van der Waals surface area contributed by atoms with Gasteiger partial charge in [0.1, 0.15) is 5.75 Å². The number of hydrogen-bond acceptors (Lipinski definition) is 4. The highest BCUT2D eigenvalue weighted by Crippen LogP contribution is 2.23. The predicted molar refractivity (Wildman–Crippen MR) is 121 cm³/mol. The second-order valence-electron chi connectivity index (χ2n) is 7.87. The predicted octanol–water partition coefficient (Wildman–Crippen LogP) is 4.72. The van der Waals surface area contributed by atoms with E-state index in [1.165, 1.54) is 0 Å². The van der Waals surface area contributed by atoms with Gasteiger partial charge >= 0.3 is 0 Å². The van der Waals surface area contributed by atoms with Crippen molar-refractivity contribution in [1.29, 1.82) is 0 Å². The molecule has 0 spiro atoms. The molecule has 1 aromatic heterocycles. The first-order chi connectivity index (χ1) is 15.2. The summed E-state index contributed by atoms with van der Waals surface area (Å²) in [4.78, 5) is 19.3. The van der Waals surface area contributed by atoms with Crippen LogP contribution in [-0.4, -0.2) is 41.2 Å². The van der Waals surface area contributed by atoms with Crippen molar-refractivity contribution in [2.75, 3.05) is 13.2 Å². The van der Waals surface area contributed by atoms with Gasteiger partial charge in [0.15, 0.2) is 6.10 Å². The van der Waals surface area contributed by atoms with Crippen molar-refractivity contribution < 1.29 is 14.3 Å². The molecule has 0 saturated carbocycles. The largest absolute Gasteiger partial charge is 0.481 e. The average Bonchev–Trinajstić information content (AvgIpc) is 3.33. The highest BCUT2D eigenvalue weighted by atomic mass is 16.5. The van der Waals surface area contributed by atoms with Crippen molar-refractivity contribution in [1.82, 2.24) is 9.88 Å². The topological polar surface area (TPSA) is 51.7 Å². The lowest BCUT2D eigenvalue weighted by molar-refractivity contribution is -0.140. The maximum atomic E-state index is 13.3. The molecule has 1 amide bonds. The lowest BCUT2D eigenvalue weighted by Gasteiger charge is -2.28. The lowest BCUT2D eigenvalue weighted by atomic mass is 10.1. The molecular weight excluding hydrogens is 388 g/mol. The molecule has 1 fully saturated rings. The van der Waals surface area contributed by atoms with Crippen LogP contribution in [0.15, 0.2) is 79.1 Å². The first-order valence-electron chi connectivity index (χ1n) is 10.8. The fourth-order valence-electron chi connectivity index (χ4n) is 3.85. The third kappa shape index (κ3) is 5.70. The Kier molecular flexibility index (Phi) is 6.95. The Bertz CT molecular complexity index is 955. The number of rotatable bonds is 8. The summed E-state index contributed by atoms with van der Waals surface area (Å²) in [6, 6.07) is 21.9. The van der Waals surface area contributed by atoms with Gasteiger partial charge in [-0.2, -0.15) is 0 Å². The molecule has 2 atom stereocenters. The summed E-state index contributed by atoms with van der Waals surface area (Å²) in [6.45, 7) is 3.63. The summed E-state index contributed by atoms with van der Waals surface area (Å²) in [5.74, 6) is 0.630. The van der Waals surface area contributed by atoms with Crippen LogP contribution in [0.5, 0.6) is 5.75 Å². The fraction of sp³-hybridized carbons (Fsp3) is 0.308. The number of benzene rings is 2. The number of aromatic nitrogens is 1. The van der Waals surface area contributed by atoms with Crippen molar-refractivity contribution >= 4 is 5.91 Å². The molecule has 2 aromatic carbocycles. The summed E-state index contributed by atoms with van der Waals surface area (Å²) in [5, 5.41) is 0. The first-order valence-corrected chi connectivity index (χ1v) is 10.8. The molecule has 0 radical (unpaired) electrons. The van der Waals surface area contributed by atoms with Gasteiger partial charge in [-0.3, -0.25) is 9.78 Å². The van der Waals surface area contributed by atoms with Gasteiger partial charge in [0, 0.05) is 32.1 Å². The van der Waals surface area contributed by atoms with Gasteiger partial charge < -0.3 is 14.4 Å². The Morgan fingerprint density at radius 2 is 1.87 bits per heavy atom. The van der Waals surface area contributed by atoms with Crippen LogP contribution >= 0.6 is 0 Å². The Labute approximate surface area is 183 Å². The Hall–Kier alpha value is -3.18. The minimum absolute atomic E-state index is 0.0495. The Balaban J connectivity index is 1.43. The van der Waals surface area contributed by atoms with E-state index in [2.05, 4.69) is 17.1 Å². The molecule has 1 saturated heterocycles. The van der Waals surface area contributed by atoms with Gasteiger partial charge in [0.2, 0.25) is 0 Å². The Morgan fingerprint density at radius 1 is 1.10 bits per heavy atom. The second-order valence-corrected chi connectivity index (χ2v) is 7.87. The Morgan fingerprint density at radius 3 is 2.55 bits per heavy atom. The van der Waals surface area contributed by atoms with Gasteiger partial charge in [-0.25, -0.2) is 0 Å². The third-order valence-corrected chi connectivity index (χ3v) is 5.48. The van der Waals surface area contributed by atoms with E-state index in [9.17, 15) is 4.79 Å². The third-order valence-electron chi connectivity index (χ3n) is 5.48. The molecule has 1 aliphatic rings. The molecule has 160 valence electrons. The number of ether oxygens (including phenoxy) is 2. The van der Waals surface area contributed by atoms with Gasteiger partial charge in [-0.05, 0) is 54.7 Å². The van der Waals surface area contributed by atoms with Crippen molar-refractivity contribution in [2.45, 2.75) is 38.5 Å². The number of hydrogen-bond donors (Lipinski definition) is 0. The lowest BCUT2D eigenvalue weighted by Crippen LogP contribution is -2.43. The van der Waals surface area contributed by atoms with Crippen LogP contribution in [0.25, 0.3) is 11.1 Å². The molecule has 3 aromatic rings. The van der Waals surface area contributed by atoms with E-state index in [0.29, 0.717) is 18.8 Å². The number of pyridine rings is 1. The van der Waals surface area contributed by atoms with E-state index >= 15 is 0 Å². The molecule has 5 heteroatoms. The average molecular weight is 417 g/mol. The van der Waals surface area contributed by atoms with Crippen LogP contribution in [0, 0.1) is 0 Å². The van der Waals surface area contributed by atoms with E-state index < -0.39 is 6.10 Å². The van der Waals surface area contributed by atoms with Gasteiger partial charge in [0.05, 0.1) is 6.10 Å². The van der Waals surface area contributed by atoms with Crippen LogP contribution in [0.2, 0.25) is 0 Å². The zero-order valence-electron chi connectivity index (χ0n) is 17.8. The zero-order valence-corrected chi connectivity index (χ0v) is 17.8. The van der Waals surface area contributed by atoms with E-state index in [1.54, 1.807) is 19.3 Å². The van der Waals surface area contributed by atoms with Crippen molar-refractivity contribution in [3.05, 3.63) is 84.7 Å². The highest BCUT2D eigenvalue weighted by molar-refractivity contribution is 5.81. The summed E-state index contributed by atoms with van der Waals surface area (Å²) < 4.78 is 11.8. The number of nitrogens with zero attached hydrogens (tertiary/aromatic N) is 2. The maximum absolute atomic E-state index is 13.3. The van der Waals surface area contributed by atoms with Gasteiger partial charge in [-0.15, -0.1) is 0 Å². The smallest absolute Gasteiger partial charge is 0.263 e. The molecule has 0 aliphatic carbocycles. The van der Waals surface area contributed by atoms with E-state index in [0.717, 1.165) is 36.1 Å². The van der Waals surface area contributed by atoms with Gasteiger partial charge in [-0.1, -0.05) is 48.5 Å². The van der Waals surface area contributed by atoms with Crippen molar-refractivity contribution in [3.63, 3.8) is 0 Å². The molecule has 5 nitrogen and oxygen atoms in total. The molecular formula is C26H28N2O3. The summed E-state index contributed by atoms with van der Waals surface area (Å²) in [5.41, 5.74) is 3.26. The van der Waals surface area contributed by atoms with Gasteiger partial charge in [0.25, 0.3) is 5.91 Å². The maximum Gasteiger partial charge on any atom is 0.263 e. The van der Waals surface area contributed by atoms with Crippen molar-refractivity contribution in [2.24, 2.45) is 0 Å². The van der Waals surface area contributed by atoms with Crippen LogP contribution < -0.4 is 4.74 Å². The summed E-state index contributed by atoms with van der Waals surface area (Å²) >= 11 is 0. The standard InChI is InChI=1S/C26H28N2O3/c1-20(31-24-13-11-23(12-14-24)22-8-3-2-4-9-22)26(29)28(19-25-10-6-16-30-25)18-21-7-5-15-27-17-21/h2-5,7-9,11-15,17,20,25H,6,10,16,18-19H2,1H3/t20-,25-/m0/s1. The SMILES string of the molecule is C[C@H](Oc1ccc(-c2ccccc2)cc1)C(=O)N(Cc1cccnc1)C[C@@H]1CCCO1. The highest BCUT2D eigenvalue weighted by Gasteiger charge is 2.27. The monoisotopic (exact) mass is 416 g/mol. The minimum Gasteiger partial charge on any atom is -0.481 e. The summed E-state index contributed by atoms with van der Waals surface area (Å²) in [6.07, 6.45) is 5.04. The van der Waals surface area contributed by atoms with E-state index in [1.807, 2.05) is 59.5 Å². The molecule has 4 rings (SSSR count). The molecule has 2 heterocycles. The van der Waals surface area contributed by atoms with Crippen LogP contribution in [0.1, 0.15) is 25.3 Å². The molecule has 31 heavy (non-hydrogen) atoms. The zero-order chi connectivity index (χ0) is 21.5. The second kappa shape index (κ2) is 10.2. The molecule has 1 aliphatic heterocycles. The molecule has 0 bridgehead atoms. The van der Waals surface area contributed by atoms with Crippen LogP contribution in [-0.2, 0) is 16.1 Å². The van der Waals surface area contributed by atoms with Crippen LogP contribution in [0.3, 0.4) is 0 Å². The molecule has 0 unspecified atom stereocenters. The molecule has 0 N–H and O–H groups in total. The number of carbonyl (C=O) groups excluding carboxylic acids is 1. The van der Waals surface area contributed by atoms with E-state index in [4.69, 9.17) is 9.47 Å². The summed E-state index contributed by atoms with van der Waals surface area (Å²) in [7, 11) is 0. The van der Waals surface area contributed by atoms with Crippen LogP contribution in [0.4, 0.5) is 0 Å². The normalized spacial score (nSPS) is 16.6. The van der Waals surface area contributed by atoms with Crippen molar-refractivity contribution in [3.8, 4) is 16.9 Å². The number of carbonyl (C=O) groups is 1. The first kappa shape index (κ1) is 21.1. The number of amides is 1. The quantitative estimate of drug-likeness (QED) is 0.533. The van der Waals surface area contributed by atoms with E-state index in [-0.39, 0.29) is 12.0 Å². The minimum atomic E-state index is -0.597. The fourth-order valence-corrected chi connectivity index (χ4v) is 3.85.